The summed E-state index contributed by atoms with van der Waals surface area (Å²) < 4.78 is 27.9. The van der Waals surface area contributed by atoms with Crippen molar-refractivity contribution in [3.05, 3.63) is 53.0 Å². The monoisotopic (exact) mass is 334 g/mol. The lowest BCUT2D eigenvalue weighted by molar-refractivity contribution is 0.394. The second kappa shape index (κ2) is 6.70. The second-order valence-electron chi connectivity index (χ2n) is 4.63. The van der Waals surface area contributed by atoms with Gasteiger partial charge in [0.25, 0.3) is 0 Å². The third kappa shape index (κ3) is 3.45. The Morgan fingerprint density at radius 1 is 1.04 bits per heavy atom. The molecule has 2 heterocycles. The number of aromatic nitrogens is 2. The molecule has 0 amide bonds. The molecular weight excluding hydrogens is 316 g/mol. The van der Waals surface area contributed by atoms with Crippen molar-refractivity contribution in [1.82, 2.24) is 10.1 Å². The molecule has 0 fully saturated rings. The van der Waals surface area contributed by atoms with E-state index in [2.05, 4.69) is 10.1 Å². The Bertz CT molecular complexity index is 934. The molecule has 0 atom stereocenters. The van der Waals surface area contributed by atoms with E-state index < -0.39 is 15.5 Å². The first-order valence-electron chi connectivity index (χ1n) is 7.12. The summed E-state index contributed by atoms with van der Waals surface area (Å²) in [5.74, 6) is 0. The lowest BCUT2D eigenvalue weighted by atomic mass is 10.0. The fourth-order valence-corrected chi connectivity index (χ4v) is 2.72. The van der Waals surface area contributed by atoms with Crippen LogP contribution >= 0.6 is 0 Å². The maximum Gasteiger partial charge on any atom is 0.365 e. The van der Waals surface area contributed by atoms with Crippen molar-refractivity contribution in [3.8, 4) is 22.4 Å². The zero-order valence-corrected chi connectivity index (χ0v) is 13.9. The molecule has 7 heteroatoms. The minimum absolute atomic E-state index is 0.0820. The summed E-state index contributed by atoms with van der Waals surface area (Å²) >= 11 is 0. The topological polar surface area (TPSA) is 95.9 Å². The number of rotatable bonds is 3. The van der Waals surface area contributed by atoms with Crippen LogP contribution in [0.1, 0.15) is 13.8 Å². The molecule has 1 aromatic carbocycles. The largest absolute Gasteiger partial charge is 0.365 e. The van der Waals surface area contributed by atoms with Gasteiger partial charge in [-0.25, -0.2) is 18.4 Å². The van der Waals surface area contributed by atoms with Crippen LogP contribution < -0.4 is 5.63 Å². The van der Waals surface area contributed by atoms with Crippen LogP contribution in [-0.2, 0) is 9.84 Å². The molecule has 0 aliphatic carbocycles. The maximum absolute atomic E-state index is 11.9. The molecule has 3 aromatic rings. The summed E-state index contributed by atoms with van der Waals surface area (Å²) in [6.45, 7) is 4.00. The van der Waals surface area contributed by atoms with E-state index in [1.807, 2.05) is 32.0 Å². The highest BCUT2D eigenvalue weighted by molar-refractivity contribution is 7.90. The average molecular weight is 334 g/mol. The summed E-state index contributed by atoms with van der Waals surface area (Å²) in [6, 6.07) is 10.5. The second-order valence-corrected chi connectivity index (χ2v) is 6.62. The Balaban J connectivity index is 0.000000924. The minimum atomic E-state index is -3.34. The van der Waals surface area contributed by atoms with Gasteiger partial charge in [-0.3, -0.25) is 0 Å². The molecule has 23 heavy (non-hydrogen) atoms. The van der Waals surface area contributed by atoms with E-state index >= 15 is 0 Å². The van der Waals surface area contributed by atoms with Gasteiger partial charge in [0.15, 0.2) is 9.84 Å². The van der Waals surface area contributed by atoms with Gasteiger partial charge < -0.3 is 9.51 Å². The minimum Gasteiger partial charge on any atom is -0.352 e. The van der Waals surface area contributed by atoms with E-state index in [-0.39, 0.29) is 5.03 Å². The van der Waals surface area contributed by atoms with Crippen molar-refractivity contribution in [2.45, 2.75) is 18.9 Å². The Labute approximate surface area is 134 Å². The van der Waals surface area contributed by atoms with E-state index in [1.165, 1.54) is 12.3 Å². The van der Waals surface area contributed by atoms with Crippen LogP contribution in [0.2, 0.25) is 0 Å². The smallest absolute Gasteiger partial charge is 0.352 e. The zero-order valence-electron chi connectivity index (χ0n) is 13.1. The van der Waals surface area contributed by atoms with Crippen LogP contribution in [-0.4, -0.2) is 24.8 Å². The fraction of sp³-hybridized carbons (Fsp3) is 0.188. The summed E-state index contributed by atoms with van der Waals surface area (Å²) in [6.07, 6.45) is 2.63. The van der Waals surface area contributed by atoms with Crippen molar-refractivity contribution < 1.29 is 12.9 Å². The van der Waals surface area contributed by atoms with Gasteiger partial charge in [0.05, 0.1) is 11.3 Å². The van der Waals surface area contributed by atoms with Gasteiger partial charge >= 0.3 is 5.63 Å². The number of H-pyrrole nitrogens is 2. The third-order valence-corrected chi connectivity index (χ3v) is 4.14. The summed E-state index contributed by atoms with van der Waals surface area (Å²) in [7, 11) is -3.34. The fourth-order valence-electron chi connectivity index (χ4n) is 2.10. The van der Waals surface area contributed by atoms with Gasteiger partial charge in [-0.15, -0.1) is 0 Å². The maximum atomic E-state index is 11.9. The first kappa shape index (κ1) is 16.8. The zero-order chi connectivity index (χ0) is 17.0. The molecule has 0 saturated carbocycles. The number of aromatic amines is 2. The lowest BCUT2D eigenvalue weighted by Gasteiger charge is -1.98. The molecule has 6 nitrogen and oxygen atoms in total. The van der Waals surface area contributed by atoms with Gasteiger partial charge in [-0.05, 0) is 11.6 Å². The summed E-state index contributed by atoms with van der Waals surface area (Å²) in [5, 5.41) is 2.63. The standard InChI is InChI=1S/C14H12N2O4S.C2H6/c1-21(18,19)11-7-10(8-15-11)13-12(14(17)20-16-13)9-5-3-2-4-6-9;1-2/h2-8,15-16H,1H3;1-2H3. The SMILES string of the molecule is CC.CS(=O)(=O)c1cc(-c2[nH]oc(=O)c2-c2ccccc2)c[nH]1. The van der Waals surface area contributed by atoms with E-state index in [1.54, 1.807) is 12.1 Å². The summed E-state index contributed by atoms with van der Waals surface area (Å²) in [5.41, 5.74) is 1.55. The highest BCUT2D eigenvalue weighted by atomic mass is 32.2. The average Bonchev–Trinajstić information content (AvgIpc) is 3.16. The molecule has 2 aromatic heterocycles. The van der Waals surface area contributed by atoms with E-state index in [0.29, 0.717) is 22.4 Å². The molecule has 0 unspecified atom stereocenters. The van der Waals surface area contributed by atoms with Gasteiger partial charge in [0, 0.05) is 18.0 Å². The van der Waals surface area contributed by atoms with Crippen molar-refractivity contribution in [2.75, 3.05) is 6.26 Å². The number of benzene rings is 1. The normalized spacial score (nSPS) is 10.9. The Morgan fingerprint density at radius 2 is 1.70 bits per heavy atom. The predicted octanol–water partition coefficient (Wildman–Crippen LogP) is 3.06. The first-order valence-corrected chi connectivity index (χ1v) is 9.01. The van der Waals surface area contributed by atoms with Gasteiger partial charge in [-0.2, -0.15) is 0 Å². The van der Waals surface area contributed by atoms with Crippen molar-refractivity contribution in [2.24, 2.45) is 0 Å². The van der Waals surface area contributed by atoms with Gasteiger partial charge in [0.2, 0.25) is 0 Å². The molecule has 2 N–H and O–H groups in total. The number of hydrogen-bond donors (Lipinski definition) is 2. The van der Waals surface area contributed by atoms with E-state index in [9.17, 15) is 13.2 Å². The molecule has 0 aliphatic rings. The number of sulfone groups is 1. The summed E-state index contributed by atoms with van der Waals surface area (Å²) in [4.78, 5) is 14.6. The first-order chi connectivity index (χ1) is 11.0. The molecule has 0 saturated heterocycles. The molecule has 0 aliphatic heterocycles. The number of nitrogens with one attached hydrogen (secondary N) is 2. The highest BCUT2D eigenvalue weighted by Gasteiger charge is 2.18. The number of hydrogen-bond acceptors (Lipinski definition) is 4. The molecule has 3 rings (SSSR count). The quantitative estimate of drug-likeness (QED) is 0.769. The Morgan fingerprint density at radius 3 is 2.26 bits per heavy atom. The van der Waals surface area contributed by atoms with Gasteiger partial charge in [-0.1, -0.05) is 44.2 Å². The van der Waals surface area contributed by atoms with Gasteiger partial charge in [0.1, 0.15) is 5.03 Å². The van der Waals surface area contributed by atoms with E-state index in [4.69, 9.17) is 4.52 Å². The van der Waals surface area contributed by atoms with Crippen LogP contribution in [0.15, 0.2) is 56.9 Å². The Hall–Kier alpha value is -2.54. The van der Waals surface area contributed by atoms with Crippen molar-refractivity contribution >= 4 is 9.84 Å². The van der Waals surface area contributed by atoms with Crippen LogP contribution in [0.3, 0.4) is 0 Å². The molecule has 0 bridgehead atoms. The molecule has 122 valence electrons. The van der Waals surface area contributed by atoms with Crippen molar-refractivity contribution in [3.63, 3.8) is 0 Å². The predicted molar refractivity (Wildman–Crippen MR) is 89.0 cm³/mol. The van der Waals surface area contributed by atoms with Crippen LogP contribution in [0.25, 0.3) is 22.4 Å². The lowest BCUT2D eigenvalue weighted by Crippen LogP contribution is -1.97. The van der Waals surface area contributed by atoms with Crippen LogP contribution in [0.4, 0.5) is 0 Å². The highest BCUT2D eigenvalue weighted by Crippen LogP contribution is 2.29. The Kier molecular flexibility index (Phi) is 4.90. The van der Waals surface area contributed by atoms with Crippen molar-refractivity contribution in [1.29, 1.82) is 0 Å². The molecule has 0 radical (unpaired) electrons. The van der Waals surface area contributed by atoms with E-state index in [0.717, 1.165) is 6.26 Å². The molecule has 0 spiro atoms. The van der Waals surface area contributed by atoms with Crippen LogP contribution in [0, 0.1) is 0 Å². The molecular formula is C16H18N2O4S. The third-order valence-electron chi connectivity index (χ3n) is 3.11. The van der Waals surface area contributed by atoms with Crippen LogP contribution in [0.5, 0.6) is 0 Å².